The molecule has 0 saturated heterocycles. The minimum Gasteiger partial charge on any atom is -0.503 e. The predicted molar refractivity (Wildman–Crippen MR) is 131 cm³/mol. The van der Waals surface area contributed by atoms with Gasteiger partial charge in [0.15, 0.2) is 16.7 Å². The van der Waals surface area contributed by atoms with Gasteiger partial charge in [-0.1, -0.05) is 35.6 Å². The van der Waals surface area contributed by atoms with Crippen LogP contribution in [0.2, 0.25) is 0 Å². The van der Waals surface area contributed by atoms with Crippen LogP contribution in [0.4, 0.5) is 10.8 Å². The van der Waals surface area contributed by atoms with E-state index >= 15 is 0 Å². The Kier molecular flexibility index (Phi) is 4.86. The fraction of sp³-hybridized carbons (Fsp3) is 0.0400. The molecule has 0 fully saturated rings. The lowest BCUT2D eigenvalue weighted by Crippen LogP contribution is -2.31. The van der Waals surface area contributed by atoms with E-state index in [2.05, 4.69) is 9.97 Å². The number of benzene rings is 2. The zero-order chi connectivity index (χ0) is 25.0. The number of ketones is 1. The summed E-state index contributed by atoms with van der Waals surface area (Å²) in [5, 5.41) is 22.9. The molecule has 0 aliphatic carbocycles. The second-order valence-corrected chi connectivity index (χ2v) is 8.99. The molecule has 1 aliphatic heterocycles. The molecule has 1 N–H and O–H groups in total. The minimum atomic E-state index is -1.09. The van der Waals surface area contributed by atoms with Crippen molar-refractivity contribution in [2.24, 2.45) is 0 Å². The van der Waals surface area contributed by atoms with Gasteiger partial charge in [-0.05, 0) is 30.3 Å². The van der Waals surface area contributed by atoms with E-state index in [1.54, 1.807) is 48.5 Å². The van der Waals surface area contributed by atoms with Crippen LogP contribution in [0.15, 0.2) is 88.7 Å². The Labute approximate surface area is 205 Å². The van der Waals surface area contributed by atoms with Crippen LogP contribution in [0.5, 0.6) is 0 Å². The van der Waals surface area contributed by atoms with E-state index in [9.17, 15) is 24.8 Å². The number of hydrogen-bond donors (Lipinski definition) is 1. The van der Waals surface area contributed by atoms with E-state index in [-0.39, 0.29) is 22.2 Å². The average Bonchev–Trinajstić information content (AvgIpc) is 3.57. The van der Waals surface area contributed by atoms with Gasteiger partial charge >= 0.3 is 0 Å². The largest absolute Gasteiger partial charge is 0.503 e. The lowest BCUT2D eigenvalue weighted by atomic mass is 9.98. The maximum Gasteiger partial charge on any atom is 0.296 e. The van der Waals surface area contributed by atoms with Gasteiger partial charge in [-0.15, -0.1) is 0 Å². The number of aromatic nitrogens is 2. The number of para-hydroxylation sites is 1. The van der Waals surface area contributed by atoms with E-state index < -0.39 is 28.4 Å². The molecule has 0 spiro atoms. The van der Waals surface area contributed by atoms with Crippen LogP contribution in [0.1, 0.15) is 22.3 Å². The summed E-state index contributed by atoms with van der Waals surface area (Å²) in [7, 11) is 0. The first kappa shape index (κ1) is 21.6. The fourth-order valence-electron chi connectivity index (χ4n) is 4.20. The van der Waals surface area contributed by atoms with Crippen molar-refractivity contribution in [3.8, 4) is 0 Å². The number of nitro benzene ring substituents is 1. The number of amides is 1. The molecule has 0 saturated carbocycles. The molecule has 0 bridgehead atoms. The first-order valence-electron chi connectivity index (χ1n) is 10.7. The molecule has 1 amide bonds. The van der Waals surface area contributed by atoms with Crippen LogP contribution < -0.4 is 4.90 Å². The molecule has 3 aromatic heterocycles. The van der Waals surface area contributed by atoms with E-state index in [0.29, 0.717) is 26.9 Å². The number of pyridine rings is 1. The standard InChI is InChI=1S/C25H14N4O6S/c30-22(18-11-13-5-1-2-7-17(13)35-18)20-21(16-6-3-4-10-26-16)28(24(32)23(20)31)25-27-15-9-8-14(29(33)34)12-19(15)36-25/h1-12,21,31H. The van der Waals surface area contributed by atoms with Gasteiger partial charge in [-0.2, -0.15) is 0 Å². The lowest BCUT2D eigenvalue weighted by Gasteiger charge is -2.23. The van der Waals surface area contributed by atoms with Gasteiger partial charge in [-0.25, -0.2) is 4.98 Å². The third-order valence-electron chi connectivity index (χ3n) is 5.85. The molecule has 1 unspecified atom stereocenters. The maximum atomic E-state index is 13.6. The number of nitro groups is 1. The van der Waals surface area contributed by atoms with Gasteiger partial charge in [-0.3, -0.25) is 29.6 Å². The van der Waals surface area contributed by atoms with Gasteiger partial charge in [0.1, 0.15) is 11.6 Å². The molecular formula is C25H14N4O6S. The molecule has 1 aliphatic rings. The first-order chi connectivity index (χ1) is 17.4. The number of thiazole rings is 1. The monoisotopic (exact) mass is 498 g/mol. The molecule has 0 radical (unpaired) electrons. The van der Waals surface area contributed by atoms with Crippen molar-refractivity contribution in [1.82, 2.24) is 9.97 Å². The number of aliphatic hydroxyl groups excluding tert-OH is 1. The van der Waals surface area contributed by atoms with Crippen LogP contribution in [-0.4, -0.2) is 31.7 Å². The van der Waals surface area contributed by atoms with Gasteiger partial charge < -0.3 is 9.52 Å². The number of carbonyl (C=O) groups excluding carboxylic acids is 2. The minimum absolute atomic E-state index is 0.0340. The zero-order valence-corrected chi connectivity index (χ0v) is 19.0. The highest BCUT2D eigenvalue weighted by Gasteiger charge is 2.47. The highest BCUT2D eigenvalue weighted by molar-refractivity contribution is 7.22. The molecule has 4 heterocycles. The van der Waals surface area contributed by atoms with Crippen LogP contribution >= 0.6 is 11.3 Å². The topological polar surface area (TPSA) is 140 Å². The Morgan fingerprint density at radius 1 is 1.11 bits per heavy atom. The predicted octanol–water partition coefficient (Wildman–Crippen LogP) is 5.13. The quantitative estimate of drug-likeness (QED) is 0.200. The van der Waals surface area contributed by atoms with E-state index in [0.717, 1.165) is 11.3 Å². The fourth-order valence-corrected chi connectivity index (χ4v) is 5.22. The second-order valence-electron chi connectivity index (χ2n) is 7.98. The van der Waals surface area contributed by atoms with Crippen molar-refractivity contribution in [3.63, 3.8) is 0 Å². The first-order valence-corrected chi connectivity index (χ1v) is 11.5. The summed E-state index contributed by atoms with van der Waals surface area (Å²) in [6.07, 6.45) is 1.51. The van der Waals surface area contributed by atoms with Crippen LogP contribution in [0.25, 0.3) is 21.2 Å². The summed E-state index contributed by atoms with van der Waals surface area (Å²) in [6.45, 7) is 0. The SMILES string of the molecule is O=C(C1=C(O)C(=O)N(c2nc3ccc([N+](=O)[O-])cc3s2)C1c1ccccn1)c1cc2ccccc2o1. The van der Waals surface area contributed by atoms with Crippen LogP contribution in [0, 0.1) is 10.1 Å². The van der Waals surface area contributed by atoms with Crippen molar-refractivity contribution in [2.45, 2.75) is 6.04 Å². The third kappa shape index (κ3) is 3.33. The number of hydrogen-bond acceptors (Lipinski definition) is 9. The maximum absolute atomic E-state index is 13.6. The van der Waals surface area contributed by atoms with Crippen LogP contribution in [0.3, 0.4) is 0 Å². The number of aliphatic hydroxyl groups is 1. The molecule has 2 aromatic carbocycles. The number of non-ortho nitro benzene ring substituents is 1. The zero-order valence-electron chi connectivity index (χ0n) is 18.2. The molecule has 5 aromatic rings. The molecule has 1 atom stereocenters. The molecule has 11 heteroatoms. The van der Waals surface area contributed by atoms with Gasteiger partial charge in [0.2, 0.25) is 5.78 Å². The molecular weight excluding hydrogens is 484 g/mol. The number of anilines is 1. The van der Waals surface area contributed by atoms with Crippen molar-refractivity contribution in [2.75, 3.05) is 4.90 Å². The summed E-state index contributed by atoms with van der Waals surface area (Å²) >= 11 is 1.03. The Balaban J connectivity index is 1.49. The number of rotatable bonds is 5. The summed E-state index contributed by atoms with van der Waals surface area (Å²) in [5.74, 6) is -2.26. The average molecular weight is 498 g/mol. The number of nitrogens with zero attached hydrogens (tertiary/aromatic N) is 4. The number of carbonyl (C=O) groups is 2. The summed E-state index contributed by atoms with van der Waals surface area (Å²) < 4.78 is 6.19. The van der Waals surface area contributed by atoms with Crippen molar-refractivity contribution in [3.05, 3.63) is 106 Å². The molecule has 6 rings (SSSR count). The Morgan fingerprint density at radius 3 is 2.67 bits per heavy atom. The van der Waals surface area contributed by atoms with Gasteiger partial charge in [0, 0.05) is 23.7 Å². The number of Topliss-reactive ketones (excluding diaryl/α,β-unsaturated/α-hetero) is 1. The van der Waals surface area contributed by atoms with Gasteiger partial charge in [0.05, 0.1) is 26.4 Å². The van der Waals surface area contributed by atoms with Crippen LogP contribution in [-0.2, 0) is 4.79 Å². The second kappa shape index (κ2) is 8.10. The van der Waals surface area contributed by atoms with Crippen molar-refractivity contribution >= 4 is 55.0 Å². The van der Waals surface area contributed by atoms with Crippen molar-refractivity contribution < 1.29 is 24.0 Å². The van der Waals surface area contributed by atoms with E-state index in [1.165, 1.54) is 29.3 Å². The summed E-state index contributed by atoms with van der Waals surface area (Å²) in [4.78, 5) is 47.6. The lowest BCUT2D eigenvalue weighted by molar-refractivity contribution is -0.384. The highest BCUT2D eigenvalue weighted by Crippen LogP contribution is 2.44. The van der Waals surface area contributed by atoms with Gasteiger partial charge in [0.25, 0.3) is 11.6 Å². The smallest absolute Gasteiger partial charge is 0.296 e. The third-order valence-corrected chi connectivity index (χ3v) is 6.87. The number of fused-ring (bicyclic) bond motifs is 2. The summed E-state index contributed by atoms with van der Waals surface area (Å²) in [5.41, 5.74) is 0.949. The Bertz CT molecular complexity index is 1710. The number of furan rings is 1. The van der Waals surface area contributed by atoms with E-state index in [4.69, 9.17) is 4.42 Å². The summed E-state index contributed by atoms with van der Waals surface area (Å²) in [6, 6.07) is 16.7. The van der Waals surface area contributed by atoms with E-state index in [1.807, 2.05) is 0 Å². The molecule has 36 heavy (non-hydrogen) atoms. The molecule has 176 valence electrons. The molecule has 10 nitrogen and oxygen atoms in total. The van der Waals surface area contributed by atoms with Crippen molar-refractivity contribution in [1.29, 1.82) is 0 Å². The normalized spacial score (nSPS) is 15.8. The highest BCUT2D eigenvalue weighted by atomic mass is 32.1. The Morgan fingerprint density at radius 2 is 1.92 bits per heavy atom. The Hall–Kier alpha value is -4.90.